The van der Waals surface area contributed by atoms with Gasteiger partial charge in [0, 0.05) is 13.1 Å². The minimum Gasteiger partial charge on any atom is -0.447 e. The van der Waals surface area contributed by atoms with Crippen molar-refractivity contribution in [3.05, 3.63) is 17.9 Å². The van der Waals surface area contributed by atoms with Crippen LogP contribution in [-0.4, -0.2) is 46.0 Å². The summed E-state index contributed by atoms with van der Waals surface area (Å²) in [6.45, 7) is 1.15. The maximum Gasteiger partial charge on any atom is 0.276 e. The van der Waals surface area contributed by atoms with Crippen LogP contribution < -0.4 is 0 Å². The SMILES string of the molecule is O=S(=O)(c1ccc(CSc2nnnn2C2CCCCC2)o1)N1CCCC1. The van der Waals surface area contributed by atoms with Crippen molar-refractivity contribution >= 4 is 21.8 Å². The molecule has 26 heavy (non-hydrogen) atoms. The van der Waals surface area contributed by atoms with Crippen LogP contribution >= 0.6 is 11.8 Å². The second kappa shape index (κ2) is 7.69. The lowest BCUT2D eigenvalue weighted by Gasteiger charge is -2.21. The van der Waals surface area contributed by atoms with Gasteiger partial charge < -0.3 is 4.42 Å². The zero-order chi connectivity index (χ0) is 18.0. The summed E-state index contributed by atoms with van der Waals surface area (Å²) in [6, 6.07) is 3.64. The molecule has 0 unspecified atom stereocenters. The second-order valence-electron chi connectivity index (χ2n) is 6.82. The monoisotopic (exact) mass is 397 g/mol. The number of aromatic nitrogens is 4. The Kier molecular flexibility index (Phi) is 5.32. The first kappa shape index (κ1) is 18.0. The molecule has 2 aromatic heterocycles. The van der Waals surface area contributed by atoms with Gasteiger partial charge in [-0.1, -0.05) is 31.0 Å². The standard InChI is InChI=1S/C16H23N5O3S2/c22-26(23,20-10-4-5-11-20)15-9-8-14(24-15)12-25-16-17-18-19-21(16)13-6-2-1-3-7-13/h8-9,13H,1-7,10-12H2. The third kappa shape index (κ3) is 3.67. The highest BCUT2D eigenvalue weighted by Crippen LogP contribution is 2.32. The zero-order valence-corrected chi connectivity index (χ0v) is 16.2. The highest BCUT2D eigenvalue weighted by molar-refractivity contribution is 7.98. The van der Waals surface area contributed by atoms with Crippen LogP contribution in [0.5, 0.6) is 0 Å². The Morgan fingerprint density at radius 3 is 2.65 bits per heavy atom. The summed E-state index contributed by atoms with van der Waals surface area (Å²) in [4.78, 5) is 0. The lowest BCUT2D eigenvalue weighted by Crippen LogP contribution is -2.27. The van der Waals surface area contributed by atoms with Gasteiger partial charge >= 0.3 is 0 Å². The van der Waals surface area contributed by atoms with Gasteiger partial charge in [-0.3, -0.25) is 0 Å². The average Bonchev–Trinajstić information content (AvgIpc) is 3.42. The van der Waals surface area contributed by atoms with Gasteiger partial charge in [0.1, 0.15) is 5.76 Å². The summed E-state index contributed by atoms with van der Waals surface area (Å²) >= 11 is 1.48. The molecule has 2 fully saturated rings. The first-order valence-corrected chi connectivity index (χ1v) is 11.6. The van der Waals surface area contributed by atoms with Crippen molar-refractivity contribution in [2.45, 2.75) is 67.0 Å². The summed E-state index contributed by atoms with van der Waals surface area (Å²) in [5.74, 6) is 1.12. The van der Waals surface area contributed by atoms with Gasteiger partial charge in [0.15, 0.2) is 0 Å². The van der Waals surface area contributed by atoms with E-state index in [0.29, 0.717) is 30.6 Å². The number of hydrogen-bond donors (Lipinski definition) is 0. The summed E-state index contributed by atoms with van der Waals surface area (Å²) in [5.41, 5.74) is 0. The van der Waals surface area contributed by atoms with Gasteiger partial charge in [0.05, 0.1) is 11.8 Å². The molecule has 1 saturated carbocycles. The van der Waals surface area contributed by atoms with Gasteiger partial charge in [-0.15, -0.1) is 5.10 Å². The highest BCUT2D eigenvalue weighted by Gasteiger charge is 2.30. The second-order valence-corrected chi connectivity index (χ2v) is 9.63. The van der Waals surface area contributed by atoms with Gasteiger partial charge in [0.25, 0.3) is 10.0 Å². The Morgan fingerprint density at radius 2 is 1.88 bits per heavy atom. The van der Waals surface area contributed by atoms with E-state index < -0.39 is 10.0 Å². The summed E-state index contributed by atoms with van der Waals surface area (Å²) in [6.07, 6.45) is 7.74. The largest absolute Gasteiger partial charge is 0.447 e. The van der Waals surface area contributed by atoms with Crippen LogP contribution in [0.15, 0.2) is 26.8 Å². The first-order valence-electron chi connectivity index (χ1n) is 9.14. The smallest absolute Gasteiger partial charge is 0.276 e. The summed E-state index contributed by atoms with van der Waals surface area (Å²) in [7, 11) is -3.50. The molecule has 0 radical (unpaired) electrons. The third-order valence-corrected chi connectivity index (χ3v) is 7.75. The van der Waals surface area contributed by atoms with E-state index in [-0.39, 0.29) is 5.09 Å². The number of furan rings is 1. The molecule has 4 rings (SSSR count). The Bertz CT molecular complexity index is 836. The minimum absolute atomic E-state index is 0.0295. The normalized spacial score (nSPS) is 20.0. The van der Waals surface area contributed by atoms with E-state index >= 15 is 0 Å². The number of rotatable bonds is 6. The number of hydrogen-bond acceptors (Lipinski definition) is 7. The van der Waals surface area contributed by atoms with Crippen LogP contribution in [0.3, 0.4) is 0 Å². The quantitative estimate of drug-likeness (QED) is 0.692. The van der Waals surface area contributed by atoms with Crippen LogP contribution in [0.2, 0.25) is 0 Å². The molecule has 1 aliphatic heterocycles. The number of tetrazole rings is 1. The maximum atomic E-state index is 12.5. The molecule has 0 N–H and O–H groups in total. The zero-order valence-electron chi connectivity index (χ0n) is 14.6. The van der Waals surface area contributed by atoms with Gasteiger partial charge in [-0.25, -0.2) is 13.1 Å². The van der Waals surface area contributed by atoms with Crippen LogP contribution in [0.25, 0.3) is 0 Å². The average molecular weight is 398 g/mol. The molecular formula is C16H23N5O3S2. The predicted molar refractivity (Wildman–Crippen MR) is 96.2 cm³/mol. The Labute approximate surface area is 157 Å². The fourth-order valence-corrected chi connectivity index (χ4v) is 5.89. The van der Waals surface area contributed by atoms with E-state index in [1.807, 2.05) is 4.68 Å². The molecule has 0 bridgehead atoms. The van der Waals surface area contributed by atoms with Gasteiger partial charge in [-0.2, -0.15) is 4.31 Å². The topological polar surface area (TPSA) is 94.1 Å². The molecule has 0 atom stereocenters. The fourth-order valence-electron chi connectivity index (χ4n) is 3.60. The van der Waals surface area contributed by atoms with Crippen molar-refractivity contribution in [2.24, 2.45) is 0 Å². The van der Waals surface area contributed by atoms with E-state index in [0.717, 1.165) is 30.8 Å². The Balaban J connectivity index is 1.42. The molecule has 10 heteroatoms. The number of nitrogens with zero attached hydrogens (tertiary/aromatic N) is 5. The maximum absolute atomic E-state index is 12.5. The van der Waals surface area contributed by atoms with Crippen LogP contribution in [0.1, 0.15) is 56.7 Å². The molecule has 142 valence electrons. The van der Waals surface area contributed by atoms with Crippen molar-refractivity contribution in [2.75, 3.05) is 13.1 Å². The van der Waals surface area contributed by atoms with E-state index in [2.05, 4.69) is 15.5 Å². The van der Waals surface area contributed by atoms with Crippen LogP contribution in [0.4, 0.5) is 0 Å². The summed E-state index contributed by atoms with van der Waals surface area (Å²) < 4.78 is 34.1. The predicted octanol–water partition coefficient (Wildman–Crippen LogP) is 2.85. The van der Waals surface area contributed by atoms with E-state index in [1.54, 1.807) is 12.1 Å². The number of thioether (sulfide) groups is 1. The molecule has 3 heterocycles. The molecule has 1 saturated heterocycles. The Hall–Kier alpha value is -1.39. The van der Waals surface area contributed by atoms with Crippen molar-refractivity contribution in [3.63, 3.8) is 0 Å². The molecular weight excluding hydrogens is 374 g/mol. The van der Waals surface area contributed by atoms with E-state index in [9.17, 15) is 8.42 Å². The molecule has 0 amide bonds. The highest BCUT2D eigenvalue weighted by atomic mass is 32.2. The number of sulfonamides is 1. The Morgan fingerprint density at radius 1 is 1.12 bits per heavy atom. The van der Waals surface area contributed by atoms with Crippen molar-refractivity contribution in [1.29, 1.82) is 0 Å². The summed E-state index contributed by atoms with van der Waals surface area (Å²) in [5, 5.41) is 12.9. The first-order chi connectivity index (χ1) is 12.6. The van der Waals surface area contributed by atoms with Crippen molar-refractivity contribution in [1.82, 2.24) is 24.5 Å². The van der Waals surface area contributed by atoms with Crippen molar-refractivity contribution < 1.29 is 12.8 Å². The molecule has 8 nitrogen and oxygen atoms in total. The minimum atomic E-state index is -3.50. The van der Waals surface area contributed by atoms with E-state index in [1.165, 1.54) is 35.3 Å². The van der Waals surface area contributed by atoms with Crippen molar-refractivity contribution in [3.8, 4) is 0 Å². The van der Waals surface area contributed by atoms with Crippen LogP contribution in [-0.2, 0) is 15.8 Å². The molecule has 2 aromatic rings. The molecule has 0 spiro atoms. The molecule has 1 aliphatic carbocycles. The fraction of sp³-hybridized carbons (Fsp3) is 0.688. The molecule has 2 aliphatic rings. The van der Waals surface area contributed by atoms with Gasteiger partial charge in [-0.05, 0) is 48.2 Å². The van der Waals surface area contributed by atoms with E-state index in [4.69, 9.17) is 4.42 Å². The third-order valence-electron chi connectivity index (χ3n) is 5.02. The van der Waals surface area contributed by atoms with Crippen LogP contribution in [0, 0.1) is 0 Å². The molecule has 0 aromatic carbocycles. The van der Waals surface area contributed by atoms with Gasteiger partial charge in [0.2, 0.25) is 10.2 Å². The lowest BCUT2D eigenvalue weighted by molar-refractivity contribution is 0.307. The lowest BCUT2D eigenvalue weighted by atomic mass is 9.96.